The third-order valence-electron chi connectivity index (χ3n) is 10.1. The molecule has 1 spiro atoms. The monoisotopic (exact) mass is 614 g/mol. The molecule has 2 aromatic carbocycles. The highest BCUT2D eigenvalue weighted by Gasteiger charge is 2.49. The number of anilines is 1. The normalized spacial score (nSPS) is 24.0. The summed E-state index contributed by atoms with van der Waals surface area (Å²) in [6.45, 7) is 5.49. The number of amides is 5. The highest BCUT2D eigenvalue weighted by molar-refractivity contribution is 6.25. The Morgan fingerprint density at radius 3 is 2.33 bits per heavy atom. The lowest BCUT2D eigenvalue weighted by atomic mass is 9.70. The molecule has 236 valence electrons. The largest absolute Gasteiger partial charge is 0.444 e. The molecule has 7 rings (SSSR count). The van der Waals surface area contributed by atoms with Gasteiger partial charge in [-0.2, -0.15) is 0 Å². The molecule has 0 radical (unpaired) electrons. The molecule has 0 aromatic heterocycles. The molecule has 2 aromatic rings. The molecular weight excluding hydrogens is 576 g/mol. The first kappa shape index (κ1) is 29.4. The van der Waals surface area contributed by atoms with Gasteiger partial charge in [-0.05, 0) is 55.2 Å². The van der Waals surface area contributed by atoms with Crippen molar-refractivity contribution in [3.8, 4) is 0 Å². The van der Waals surface area contributed by atoms with E-state index in [1.54, 1.807) is 12.1 Å². The Kier molecular flexibility index (Phi) is 7.78. The van der Waals surface area contributed by atoms with E-state index < -0.39 is 29.9 Å². The fraction of sp³-hybridized carbons (Fsp3) is 0.485. The number of piperidine rings is 3. The van der Waals surface area contributed by atoms with Crippen molar-refractivity contribution in [2.75, 3.05) is 44.2 Å². The van der Waals surface area contributed by atoms with E-state index >= 15 is 0 Å². The Balaban J connectivity index is 0.891. The molecule has 4 saturated heterocycles. The van der Waals surface area contributed by atoms with Gasteiger partial charge < -0.3 is 9.64 Å². The predicted octanol–water partition coefficient (Wildman–Crippen LogP) is 2.30. The molecule has 0 aliphatic carbocycles. The second-order valence-corrected chi connectivity index (χ2v) is 12.9. The third kappa shape index (κ3) is 5.68. The number of nitrogens with zero attached hydrogens (tertiary/aromatic N) is 4. The minimum atomic E-state index is -0.968. The SMILES string of the molecule is O=C1CCC(N2C(=O)c3cccc(N4CCC5(CC4)CN(C4CCN(NC(=O)OCc6ccccc6)CC4)C5)c3C2=O)C(=O)N1. The van der Waals surface area contributed by atoms with Crippen LogP contribution in [0.2, 0.25) is 0 Å². The van der Waals surface area contributed by atoms with Crippen molar-refractivity contribution < 1.29 is 28.7 Å². The van der Waals surface area contributed by atoms with Crippen molar-refractivity contribution in [3.63, 3.8) is 0 Å². The Morgan fingerprint density at radius 2 is 1.62 bits per heavy atom. The molecule has 0 bridgehead atoms. The number of imide groups is 2. The van der Waals surface area contributed by atoms with Crippen molar-refractivity contribution in [2.45, 2.75) is 57.2 Å². The van der Waals surface area contributed by atoms with E-state index in [9.17, 15) is 24.0 Å². The average molecular weight is 615 g/mol. The van der Waals surface area contributed by atoms with Crippen LogP contribution >= 0.6 is 0 Å². The quantitative estimate of drug-likeness (QED) is 0.471. The van der Waals surface area contributed by atoms with Gasteiger partial charge in [-0.1, -0.05) is 36.4 Å². The lowest BCUT2D eigenvalue weighted by molar-refractivity contribution is -0.136. The Labute approximate surface area is 261 Å². The number of nitrogens with one attached hydrogen (secondary N) is 2. The van der Waals surface area contributed by atoms with Gasteiger partial charge in [0, 0.05) is 51.7 Å². The van der Waals surface area contributed by atoms with E-state index in [2.05, 4.69) is 20.5 Å². The molecule has 45 heavy (non-hydrogen) atoms. The molecule has 12 heteroatoms. The first-order valence-electron chi connectivity index (χ1n) is 15.9. The smallest absolute Gasteiger partial charge is 0.422 e. The fourth-order valence-corrected chi connectivity index (χ4v) is 7.60. The molecule has 1 unspecified atom stereocenters. The van der Waals surface area contributed by atoms with Gasteiger partial charge in [0.1, 0.15) is 12.6 Å². The molecule has 0 saturated carbocycles. The third-order valence-corrected chi connectivity index (χ3v) is 10.1. The van der Waals surface area contributed by atoms with Crippen LogP contribution in [0.25, 0.3) is 0 Å². The van der Waals surface area contributed by atoms with Gasteiger partial charge in [-0.3, -0.25) is 39.7 Å². The van der Waals surface area contributed by atoms with Crippen LogP contribution in [-0.2, 0) is 20.9 Å². The molecule has 5 aliphatic rings. The number of carbonyl (C=O) groups excluding carboxylic acids is 5. The second kappa shape index (κ2) is 11.9. The van der Waals surface area contributed by atoms with Crippen LogP contribution in [0.3, 0.4) is 0 Å². The summed E-state index contributed by atoms with van der Waals surface area (Å²) in [5.74, 6) is -1.91. The van der Waals surface area contributed by atoms with Gasteiger partial charge in [-0.15, -0.1) is 0 Å². The maximum atomic E-state index is 13.6. The summed E-state index contributed by atoms with van der Waals surface area (Å²) < 4.78 is 5.36. The van der Waals surface area contributed by atoms with Crippen molar-refractivity contribution in [3.05, 3.63) is 65.2 Å². The molecular formula is C33H38N6O6. The standard InChI is InChI=1S/C33H38N6O6/c40-27-10-9-26(29(41)34-27)39-30(42)24-7-4-8-25(28(24)31(39)43)36-17-13-33(14-18-36)20-37(21-33)23-11-15-38(16-12-23)35-32(44)45-19-22-5-2-1-3-6-22/h1-8,23,26H,9-21H2,(H,35,44)(H,34,40,41). The van der Waals surface area contributed by atoms with Gasteiger partial charge >= 0.3 is 6.09 Å². The van der Waals surface area contributed by atoms with Crippen LogP contribution in [0.4, 0.5) is 10.5 Å². The number of ether oxygens (including phenoxy) is 1. The molecule has 5 amide bonds. The number of hydrogen-bond acceptors (Lipinski definition) is 9. The van der Waals surface area contributed by atoms with Crippen LogP contribution in [0, 0.1) is 5.41 Å². The molecule has 2 N–H and O–H groups in total. The first-order chi connectivity index (χ1) is 21.8. The van der Waals surface area contributed by atoms with E-state index in [4.69, 9.17) is 4.74 Å². The minimum Gasteiger partial charge on any atom is -0.444 e. The summed E-state index contributed by atoms with van der Waals surface area (Å²) in [4.78, 5) is 69.0. The van der Waals surface area contributed by atoms with Crippen LogP contribution in [0.1, 0.15) is 64.8 Å². The van der Waals surface area contributed by atoms with E-state index in [0.717, 1.165) is 81.1 Å². The Hall–Kier alpha value is -4.29. The van der Waals surface area contributed by atoms with Gasteiger partial charge in [0.15, 0.2) is 0 Å². The summed E-state index contributed by atoms with van der Waals surface area (Å²) in [7, 11) is 0. The summed E-state index contributed by atoms with van der Waals surface area (Å²) in [6.07, 6.45) is 3.78. The molecule has 1 atom stereocenters. The Bertz CT molecular complexity index is 1510. The molecule has 4 fully saturated rings. The number of hydrogen-bond donors (Lipinski definition) is 2. The number of fused-ring (bicyclic) bond motifs is 1. The van der Waals surface area contributed by atoms with Gasteiger partial charge in [0.2, 0.25) is 11.8 Å². The zero-order valence-corrected chi connectivity index (χ0v) is 25.2. The zero-order valence-electron chi connectivity index (χ0n) is 25.2. The minimum absolute atomic E-state index is 0.0989. The van der Waals surface area contributed by atoms with Gasteiger partial charge in [0.05, 0.1) is 16.8 Å². The lowest BCUT2D eigenvalue weighted by Crippen LogP contribution is -2.64. The summed E-state index contributed by atoms with van der Waals surface area (Å²) in [5.41, 5.74) is 5.52. The van der Waals surface area contributed by atoms with Crippen molar-refractivity contribution in [2.24, 2.45) is 5.41 Å². The summed E-state index contributed by atoms with van der Waals surface area (Å²) >= 11 is 0. The fourth-order valence-electron chi connectivity index (χ4n) is 7.60. The van der Waals surface area contributed by atoms with E-state index in [1.165, 1.54) is 0 Å². The maximum Gasteiger partial charge on any atom is 0.422 e. The van der Waals surface area contributed by atoms with Crippen molar-refractivity contribution in [1.82, 2.24) is 25.6 Å². The van der Waals surface area contributed by atoms with Crippen molar-refractivity contribution >= 4 is 35.4 Å². The summed E-state index contributed by atoms with van der Waals surface area (Å²) in [5, 5.41) is 4.21. The average Bonchev–Trinajstić information content (AvgIpc) is 3.29. The van der Waals surface area contributed by atoms with Gasteiger partial charge in [-0.25, -0.2) is 9.80 Å². The van der Waals surface area contributed by atoms with Gasteiger partial charge in [0.25, 0.3) is 11.8 Å². The zero-order chi connectivity index (χ0) is 31.1. The van der Waals surface area contributed by atoms with Crippen LogP contribution < -0.4 is 15.6 Å². The van der Waals surface area contributed by atoms with E-state index in [0.29, 0.717) is 17.2 Å². The molecule has 5 aliphatic heterocycles. The number of rotatable bonds is 6. The molecule has 5 heterocycles. The highest BCUT2D eigenvalue weighted by Crippen LogP contribution is 2.44. The Morgan fingerprint density at radius 1 is 0.889 bits per heavy atom. The van der Waals surface area contributed by atoms with Crippen LogP contribution in [-0.4, -0.2) is 95.9 Å². The number of carbonyl (C=O) groups is 5. The molecule has 12 nitrogen and oxygen atoms in total. The topological polar surface area (TPSA) is 132 Å². The number of likely N-dealkylation sites (tertiary alicyclic amines) is 1. The number of benzene rings is 2. The van der Waals surface area contributed by atoms with Crippen LogP contribution in [0.5, 0.6) is 0 Å². The predicted molar refractivity (Wildman–Crippen MR) is 163 cm³/mol. The van der Waals surface area contributed by atoms with Crippen LogP contribution in [0.15, 0.2) is 48.5 Å². The second-order valence-electron chi connectivity index (χ2n) is 12.9. The first-order valence-corrected chi connectivity index (χ1v) is 15.9. The highest BCUT2D eigenvalue weighted by atomic mass is 16.6. The van der Waals surface area contributed by atoms with E-state index in [1.807, 2.05) is 41.4 Å². The van der Waals surface area contributed by atoms with Crippen molar-refractivity contribution in [1.29, 1.82) is 0 Å². The lowest BCUT2D eigenvalue weighted by Gasteiger charge is -2.57. The number of hydrazine groups is 1. The maximum absolute atomic E-state index is 13.6. The summed E-state index contributed by atoms with van der Waals surface area (Å²) in [6, 6.07) is 14.5. The van der Waals surface area contributed by atoms with E-state index in [-0.39, 0.29) is 30.8 Å².